The third-order valence-corrected chi connectivity index (χ3v) is 2.10. The molecule has 72 valence electrons. The van der Waals surface area contributed by atoms with E-state index in [1.54, 1.807) is 12.1 Å². The Morgan fingerprint density at radius 3 is 2.86 bits per heavy atom. The van der Waals surface area contributed by atoms with Crippen LogP contribution in [0.15, 0.2) is 24.3 Å². The first-order chi connectivity index (χ1) is 6.75. The number of phenols is 1. The van der Waals surface area contributed by atoms with Crippen LogP contribution in [-0.4, -0.2) is 20.5 Å². The lowest BCUT2D eigenvalue weighted by atomic mass is 10.1. The molecular formula is C10H11N3O. The molecule has 0 aliphatic heterocycles. The number of hydrogen-bond donors (Lipinski definition) is 2. The van der Waals surface area contributed by atoms with Crippen molar-refractivity contribution >= 4 is 0 Å². The van der Waals surface area contributed by atoms with Crippen LogP contribution in [0.1, 0.15) is 17.0 Å². The zero-order valence-electron chi connectivity index (χ0n) is 7.86. The Hall–Kier alpha value is -1.84. The monoisotopic (exact) mass is 189 g/mol. The van der Waals surface area contributed by atoms with Gasteiger partial charge in [-0.05, 0) is 24.6 Å². The van der Waals surface area contributed by atoms with Crippen molar-refractivity contribution in [2.45, 2.75) is 13.3 Å². The number of benzene rings is 1. The van der Waals surface area contributed by atoms with Crippen molar-refractivity contribution in [1.82, 2.24) is 15.4 Å². The fourth-order valence-corrected chi connectivity index (χ4v) is 1.33. The van der Waals surface area contributed by atoms with Crippen molar-refractivity contribution in [3.63, 3.8) is 0 Å². The van der Waals surface area contributed by atoms with E-state index >= 15 is 0 Å². The van der Waals surface area contributed by atoms with Crippen LogP contribution in [0.3, 0.4) is 0 Å². The molecule has 0 aliphatic carbocycles. The third kappa shape index (κ3) is 1.74. The molecule has 2 rings (SSSR count). The Morgan fingerprint density at radius 1 is 1.36 bits per heavy atom. The molecule has 0 radical (unpaired) electrons. The van der Waals surface area contributed by atoms with Crippen molar-refractivity contribution in [2.75, 3.05) is 0 Å². The van der Waals surface area contributed by atoms with Crippen LogP contribution in [0.25, 0.3) is 0 Å². The van der Waals surface area contributed by atoms with Crippen LogP contribution in [-0.2, 0) is 6.42 Å². The second-order valence-electron chi connectivity index (χ2n) is 3.20. The summed E-state index contributed by atoms with van der Waals surface area (Å²) in [5, 5.41) is 19.8. The van der Waals surface area contributed by atoms with Crippen LogP contribution < -0.4 is 0 Å². The van der Waals surface area contributed by atoms with Crippen LogP contribution in [0.5, 0.6) is 5.75 Å². The highest BCUT2D eigenvalue weighted by Gasteiger charge is 2.04. The lowest BCUT2D eigenvalue weighted by Gasteiger charge is -1.99. The van der Waals surface area contributed by atoms with Gasteiger partial charge in [0, 0.05) is 6.42 Å². The lowest BCUT2D eigenvalue weighted by molar-refractivity contribution is 0.474. The number of aromatic hydroxyl groups is 1. The predicted octanol–water partition coefficient (Wildman–Crippen LogP) is 1.41. The first kappa shape index (κ1) is 8.74. The number of aryl methyl sites for hydroxylation is 1. The zero-order valence-corrected chi connectivity index (χ0v) is 7.86. The second-order valence-corrected chi connectivity index (χ2v) is 3.20. The first-order valence-corrected chi connectivity index (χ1v) is 4.40. The van der Waals surface area contributed by atoms with E-state index in [0.29, 0.717) is 6.42 Å². The molecule has 0 spiro atoms. The summed E-state index contributed by atoms with van der Waals surface area (Å²) >= 11 is 0. The molecule has 0 saturated carbocycles. The van der Waals surface area contributed by atoms with E-state index < -0.39 is 0 Å². The van der Waals surface area contributed by atoms with E-state index in [1.807, 2.05) is 19.1 Å². The van der Waals surface area contributed by atoms with Crippen molar-refractivity contribution in [1.29, 1.82) is 0 Å². The third-order valence-electron chi connectivity index (χ3n) is 2.10. The molecule has 0 aliphatic rings. The molecular weight excluding hydrogens is 178 g/mol. The highest BCUT2D eigenvalue weighted by atomic mass is 16.3. The highest BCUT2D eigenvalue weighted by molar-refractivity contribution is 5.30. The van der Waals surface area contributed by atoms with Gasteiger partial charge in [-0.1, -0.05) is 12.1 Å². The summed E-state index contributed by atoms with van der Waals surface area (Å²) in [6.07, 6.45) is 0.691. The largest absolute Gasteiger partial charge is 0.508 e. The zero-order chi connectivity index (χ0) is 9.97. The maximum Gasteiger partial charge on any atom is 0.115 e. The smallest absolute Gasteiger partial charge is 0.115 e. The van der Waals surface area contributed by atoms with E-state index in [-0.39, 0.29) is 5.75 Å². The summed E-state index contributed by atoms with van der Waals surface area (Å²) in [4.78, 5) is 0. The van der Waals surface area contributed by atoms with E-state index in [9.17, 15) is 5.11 Å². The van der Waals surface area contributed by atoms with E-state index in [4.69, 9.17) is 0 Å². The van der Waals surface area contributed by atoms with E-state index in [2.05, 4.69) is 15.4 Å². The molecule has 4 nitrogen and oxygen atoms in total. The van der Waals surface area contributed by atoms with Gasteiger partial charge in [0.2, 0.25) is 0 Å². The molecule has 0 saturated heterocycles. The second kappa shape index (κ2) is 3.49. The van der Waals surface area contributed by atoms with Crippen LogP contribution >= 0.6 is 0 Å². The number of phenolic OH excluding ortho intramolecular Hbond substituents is 1. The van der Waals surface area contributed by atoms with Gasteiger partial charge >= 0.3 is 0 Å². The van der Waals surface area contributed by atoms with Crippen molar-refractivity contribution in [3.8, 4) is 5.75 Å². The number of nitrogens with one attached hydrogen (secondary N) is 1. The van der Waals surface area contributed by atoms with Gasteiger partial charge in [-0.2, -0.15) is 15.4 Å². The van der Waals surface area contributed by atoms with Gasteiger partial charge in [0.1, 0.15) is 5.75 Å². The minimum atomic E-state index is 0.281. The Labute approximate surface area is 81.6 Å². The molecule has 2 aromatic rings. The minimum Gasteiger partial charge on any atom is -0.508 e. The number of nitrogens with zero attached hydrogens (tertiary/aromatic N) is 2. The number of aromatic amines is 1. The summed E-state index contributed by atoms with van der Waals surface area (Å²) < 4.78 is 0. The highest BCUT2D eigenvalue weighted by Crippen LogP contribution is 2.14. The van der Waals surface area contributed by atoms with Crippen LogP contribution in [0.2, 0.25) is 0 Å². The molecule has 0 fully saturated rings. The predicted molar refractivity (Wildman–Crippen MR) is 52.0 cm³/mol. The summed E-state index contributed by atoms with van der Waals surface area (Å²) in [7, 11) is 0. The number of hydrogen-bond acceptors (Lipinski definition) is 3. The fraction of sp³-hybridized carbons (Fsp3) is 0.200. The fourth-order valence-electron chi connectivity index (χ4n) is 1.33. The van der Waals surface area contributed by atoms with Crippen LogP contribution in [0.4, 0.5) is 0 Å². The van der Waals surface area contributed by atoms with Gasteiger partial charge < -0.3 is 5.11 Å². The molecule has 1 aromatic carbocycles. The minimum absolute atomic E-state index is 0.281. The normalized spacial score (nSPS) is 10.4. The Bertz CT molecular complexity index is 436. The van der Waals surface area contributed by atoms with Crippen molar-refractivity contribution in [3.05, 3.63) is 41.2 Å². The molecule has 0 bridgehead atoms. The van der Waals surface area contributed by atoms with E-state index in [0.717, 1.165) is 17.0 Å². The molecule has 1 aromatic heterocycles. The number of aromatic nitrogens is 3. The molecule has 0 atom stereocenters. The average molecular weight is 189 g/mol. The Morgan fingerprint density at radius 2 is 2.21 bits per heavy atom. The van der Waals surface area contributed by atoms with Gasteiger partial charge in [0.15, 0.2) is 0 Å². The maximum atomic E-state index is 9.27. The standard InChI is InChI=1S/C10H11N3O/c1-7-10(12-13-11-7)6-8-3-2-4-9(14)5-8/h2-5,14H,6H2,1H3,(H,11,12,13). The molecule has 14 heavy (non-hydrogen) atoms. The first-order valence-electron chi connectivity index (χ1n) is 4.40. The summed E-state index contributed by atoms with van der Waals surface area (Å²) in [6, 6.07) is 7.15. The summed E-state index contributed by atoms with van der Waals surface area (Å²) in [5.74, 6) is 0.281. The van der Waals surface area contributed by atoms with Gasteiger partial charge in [-0.25, -0.2) is 0 Å². The molecule has 4 heteroatoms. The number of H-pyrrole nitrogens is 1. The lowest BCUT2D eigenvalue weighted by Crippen LogP contribution is -1.90. The molecule has 0 amide bonds. The topological polar surface area (TPSA) is 61.8 Å². The van der Waals surface area contributed by atoms with Crippen molar-refractivity contribution in [2.24, 2.45) is 0 Å². The molecule has 2 N–H and O–H groups in total. The van der Waals surface area contributed by atoms with Gasteiger partial charge in [-0.3, -0.25) is 0 Å². The van der Waals surface area contributed by atoms with Crippen molar-refractivity contribution < 1.29 is 5.11 Å². The SMILES string of the molecule is Cc1n[nH]nc1Cc1cccc(O)c1. The Balaban J connectivity index is 2.23. The Kier molecular flexibility index (Phi) is 2.18. The molecule has 1 heterocycles. The average Bonchev–Trinajstić information content (AvgIpc) is 2.52. The number of rotatable bonds is 2. The van der Waals surface area contributed by atoms with Gasteiger partial charge in [0.05, 0.1) is 11.4 Å². The maximum absolute atomic E-state index is 9.27. The summed E-state index contributed by atoms with van der Waals surface area (Å²) in [6.45, 7) is 1.90. The van der Waals surface area contributed by atoms with Gasteiger partial charge in [0.25, 0.3) is 0 Å². The quantitative estimate of drug-likeness (QED) is 0.750. The summed E-state index contributed by atoms with van der Waals surface area (Å²) in [5.41, 5.74) is 2.84. The molecule has 0 unspecified atom stereocenters. The van der Waals surface area contributed by atoms with Crippen LogP contribution in [0, 0.1) is 6.92 Å². The van der Waals surface area contributed by atoms with Gasteiger partial charge in [-0.15, -0.1) is 0 Å². The van der Waals surface area contributed by atoms with E-state index in [1.165, 1.54) is 0 Å².